The molecule has 17 heavy (non-hydrogen) atoms. The van der Waals surface area contributed by atoms with Gasteiger partial charge in [-0.15, -0.1) is 6.58 Å². The van der Waals surface area contributed by atoms with E-state index in [1.54, 1.807) is 11.9 Å². The van der Waals surface area contributed by atoms with Gasteiger partial charge in [0, 0.05) is 19.2 Å². The molecular formula is C13H17FN2O. The van der Waals surface area contributed by atoms with E-state index < -0.39 is 5.82 Å². The zero-order valence-corrected chi connectivity index (χ0v) is 9.95. The number of allylic oxidation sites excluding steroid dienone is 1. The predicted octanol–water partition coefficient (Wildman–Crippen LogP) is 2.45. The van der Waals surface area contributed by atoms with E-state index in [-0.39, 0.29) is 11.6 Å². The van der Waals surface area contributed by atoms with Crippen LogP contribution < -0.4 is 5.73 Å². The highest BCUT2D eigenvalue weighted by Crippen LogP contribution is 2.13. The number of unbranched alkanes of at least 4 members (excludes halogenated alkanes) is 1. The lowest BCUT2D eigenvalue weighted by Crippen LogP contribution is -2.27. The third-order valence-corrected chi connectivity index (χ3v) is 2.49. The number of halogens is 1. The summed E-state index contributed by atoms with van der Waals surface area (Å²) in [5.41, 5.74) is 5.82. The highest BCUT2D eigenvalue weighted by molar-refractivity contribution is 5.94. The van der Waals surface area contributed by atoms with Crippen LogP contribution in [0.2, 0.25) is 0 Å². The molecule has 0 aliphatic rings. The number of rotatable bonds is 5. The molecule has 92 valence electrons. The molecule has 0 saturated heterocycles. The molecule has 2 N–H and O–H groups in total. The molecule has 0 atom stereocenters. The molecule has 0 bridgehead atoms. The summed E-state index contributed by atoms with van der Waals surface area (Å²) in [6.45, 7) is 4.26. The third-order valence-electron chi connectivity index (χ3n) is 2.49. The van der Waals surface area contributed by atoms with Gasteiger partial charge in [0.1, 0.15) is 5.82 Å². The highest BCUT2D eigenvalue weighted by atomic mass is 19.1. The highest BCUT2D eigenvalue weighted by Gasteiger charge is 2.12. The van der Waals surface area contributed by atoms with Crippen LogP contribution in [0.3, 0.4) is 0 Å². The first-order valence-corrected chi connectivity index (χ1v) is 5.47. The molecule has 3 nitrogen and oxygen atoms in total. The van der Waals surface area contributed by atoms with Crippen LogP contribution in [0.1, 0.15) is 23.2 Å². The summed E-state index contributed by atoms with van der Waals surface area (Å²) in [4.78, 5) is 13.5. The minimum Gasteiger partial charge on any atom is -0.396 e. The first-order valence-electron chi connectivity index (χ1n) is 5.47. The van der Waals surface area contributed by atoms with Gasteiger partial charge < -0.3 is 10.6 Å². The average Bonchev–Trinajstić information content (AvgIpc) is 2.32. The number of amides is 1. The number of nitrogens with zero attached hydrogens (tertiary/aromatic N) is 1. The van der Waals surface area contributed by atoms with E-state index in [1.165, 1.54) is 18.2 Å². The van der Waals surface area contributed by atoms with Crippen molar-refractivity contribution >= 4 is 11.6 Å². The van der Waals surface area contributed by atoms with Crippen LogP contribution in [0.5, 0.6) is 0 Å². The van der Waals surface area contributed by atoms with E-state index in [4.69, 9.17) is 5.73 Å². The number of nitrogens with two attached hydrogens (primary N) is 1. The lowest BCUT2D eigenvalue weighted by Gasteiger charge is -2.17. The van der Waals surface area contributed by atoms with Gasteiger partial charge in [0.2, 0.25) is 0 Å². The standard InChI is InChI=1S/C13H17FN2O/c1-3-4-5-8-16(2)13(17)10-6-7-11(14)12(15)9-10/h3,6-7,9H,1,4-5,8,15H2,2H3. The molecule has 0 spiro atoms. The van der Waals surface area contributed by atoms with Crippen molar-refractivity contribution in [1.29, 1.82) is 0 Å². The maximum atomic E-state index is 13.0. The van der Waals surface area contributed by atoms with Crippen LogP contribution in [-0.4, -0.2) is 24.4 Å². The van der Waals surface area contributed by atoms with Gasteiger partial charge in [-0.25, -0.2) is 4.39 Å². The van der Waals surface area contributed by atoms with E-state index in [1.807, 2.05) is 6.08 Å². The van der Waals surface area contributed by atoms with Gasteiger partial charge in [0.25, 0.3) is 5.91 Å². The molecule has 0 aliphatic heterocycles. The molecule has 0 fully saturated rings. The van der Waals surface area contributed by atoms with Gasteiger partial charge in [-0.05, 0) is 31.0 Å². The topological polar surface area (TPSA) is 46.3 Å². The van der Waals surface area contributed by atoms with E-state index in [0.29, 0.717) is 12.1 Å². The maximum absolute atomic E-state index is 13.0. The van der Waals surface area contributed by atoms with Crippen LogP contribution in [0.25, 0.3) is 0 Å². The summed E-state index contributed by atoms with van der Waals surface area (Å²) in [7, 11) is 1.71. The molecule has 0 radical (unpaired) electrons. The summed E-state index contributed by atoms with van der Waals surface area (Å²) in [6.07, 6.45) is 3.54. The first-order chi connectivity index (χ1) is 8.06. The number of nitrogen functional groups attached to an aromatic ring is 1. The van der Waals surface area contributed by atoms with Gasteiger partial charge in [-0.3, -0.25) is 4.79 Å². The zero-order chi connectivity index (χ0) is 12.8. The molecule has 1 aromatic rings. The monoisotopic (exact) mass is 236 g/mol. The van der Waals surface area contributed by atoms with Gasteiger partial charge in [0.15, 0.2) is 0 Å². The third kappa shape index (κ3) is 3.59. The Hall–Kier alpha value is -1.84. The number of carbonyl (C=O) groups excluding carboxylic acids is 1. The molecule has 0 aliphatic carbocycles. The average molecular weight is 236 g/mol. The Bertz CT molecular complexity index is 418. The minimum atomic E-state index is -0.504. The number of anilines is 1. The van der Waals surface area contributed by atoms with Gasteiger partial charge in [0.05, 0.1) is 5.69 Å². The second kappa shape index (κ2) is 6.03. The van der Waals surface area contributed by atoms with E-state index >= 15 is 0 Å². The first kappa shape index (κ1) is 13.2. The normalized spacial score (nSPS) is 10.0. The second-order valence-electron chi connectivity index (χ2n) is 3.89. The summed E-state index contributed by atoms with van der Waals surface area (Å²) >= 11 is 0. The van der Waals surface area contributed by atoms with Crippen LogP contribution in [0.15, 0.2) is 30.9 Å². The van der Waals surface area contributed by atoms with Crippen LogP contribution in [-0.2, 0) is 0 Å². The smallest absolute Gasteiger partial charge is 0.253 e. The lowest BCUT2D eigenvalue weighted by molar-refractivity contribution is 0.0794. The second-order valence-corrected chi connectivity index (χ2v) is 3.89. The van der Waals surface area contributed by atoms with E-state index in [9.17, 15) is 9.18 Å². The fourth-order valence-corrected chi connectivity index (χ4v) is 1.47. The lowest BCUT2D eigenvalue weighted by atomic mass is 10.1. The summed E-state index contributed by atoms with van der Waals surface area (Å²) in [5, 5.41) is 0. The molecule has 4 heteroatoms. The quantitative estimate of drug-likeness (QED) is 0.485. The Morgan fingerprint density at radius 1 is 1.59 bits per heavy atom. The van der Waals surface area contributed by atoms with Crippen molar-refractivity contribution in [1.82, 2.24) is 4.90 Å². The van der Waals surface area contributed by atoms with Crippen molar-refractivity contribution in [2.75, 3.05) is 19.3 Å². The van der Waals surface area contributed by atoms with Crippen molar-refractivity contribution in [2.45, 2.75) is 12.8 Å². The largest absolute Gasteiger partial charge is 0.396 e. The molecule has 1 rings (SSSR count). The van der Waals surface area contributed by atoms with Gasteiger partial charge >= 0.3 is 0 Å². The summed E-state index contributed by atoms with van der Waals surface area (Å²) < 4.78 is 13.0. The molecule has 1 aromatic carbocycles. The van der Waals surface area contributed by atoms with Crippen LogP contribution in [0, 0.1) is 5.82 Å². The Labute approximate surface area is 101 Å². The Morgan fingerprint density at radius 2 is 2.29 bits per heavy atom. The van der Waals surface area contributed by atoms with Crippen LogP contribution in [0.4, 0.5) is 10.1 Å². The number of carbonyl (C=O) groups is 1. The van der Waals surface area contributed by atoms with Crippen molar-refractivity contribution in [2.24, 2.45) is 0 Å². The Kier molecular flexibility index (Phi) is 4.69. The van der Waals surface area contributed by atoms with Crippen molar-refractivity contribution in [3.63, 3.8) is 0 Å². The summed E-state index contributed by atoms with van der Waals surface area (Å²) in [6, 6.07) is 4.01. The minimum absolute atomic E-state index is 0.00431. The van der Waals surface area contributed by atoms with E-state index in [0.717, 1.165) is 12.8 Å². The number of benzene rings is 1. The Morgan fingerprint density at radius 3 is 2.88 bits per heavy atom. The Balaban J connectivity index is 2.68. The fourth-order valence-electron chi connectivity index (χ4n) is 1.47. The number of hydrogen-bond acceptors (Lipinski definition) is 2. The maximum Gasteiger partial charge on any atom is 0.253 e. The molecule has 1 amide bonds. The summed E-state index contributed by atoms with van der Waals surface area (Å²) in [5.74, 6) is -0.656. The molecule has 0 aromatic heterocycles. The van der Waals surface area contributed by atoms with Crippen molar-refractivity contribution < 1.29 is 9.18 Å². The van der Waals surface area contributed by atoms with Gasteiger partial charge in [-0.1, -0.05) is 6.08 Å². The molecular weight excluding hydrogens is 219 g/mol. The van der Waals surface area contributed by atoms with Crippen molar-refractivity contribution in [3.8, 4) is 0 Å². The fraction of sp³-hybridized carbons (Fsp3) is 0.308. The van der Waals surface area contributed by atoms with Crippen LogP contribution >= 0.6 is 0 Å². The van der Waals surface area contributed by atoms with E-state index in [2.05, 4.69) is 6.58 Å². The predicted molar refractivity (Wildman–Crippen MR) is 67.2 cm³/mol. The number of hydrogen-bond donors (Lipinski definition) is 1. The molecule has 0 unspecified atom stereocenters. The molecule has 0 heterocycles. The zero-order valence-electron chi connectivity index (χ0n) is 9.95. The van der Waals surface area contributed by atoms with Crippen molar-refractivity contribution in [3.05, 3.63) is 42.2 Å². The van der Waals surface area contributed by atoms with Gasteiger partial charge in [-0.2, -0.15) is 0 Å². The molecule has 0 saturated carbocycles. The SMILES string of the molecule is C=CCCCN(C)C(=O)c1ccc(F)c(N)c1.